The number of benzene rings is 3. The maximum Gasteiger partial charge on any atom is 0.321 e. The largest absolute Gasteiger partial charge is 0.452 e. The molecule has 0 amide bonds. The van der Waals surface area contributed by atoms with Gasteiger partial charge in [0.15, 0.2) is 15.5 Å². The fourth-order valence-corrected chi connectivity index (χ4v) is 4.87. The number of para-hydroxylation sites is 1. The maximum atomic E-state index is 11.7. The second-order valence-electron chi connectivity index (χ2n) is 5.72. The van der Waals surface area contributed by atoms with Crippen molar-refractivity contribution in [1.82, 2.24) is 0 Å². The summed E-state index contributed by atoms with van der Waals surface area (Å²) in [6.07, 6.45) is 0. The SMILES string of the molecule is CC(I)C(=O)OCOc1ccccc1[S+](c1ccccc1)c1ccccc1. The van der Waals surface area contributed by atoms with Crippen molar-refractivity contribution in [2.24, 2.45) is 0 Å². The van der Waals surface area contributed by atoms with Crippen LogP contribution in [0.4, 0.5) is 0 Å². The lowest BCUT2D eigenvalue weighted by Crippen LogP contribution is -2.17. The molecular formula is C22H20IO3S+. The molecule has 0 aromatic heterocycles. The van der Waals surface area contributed by atoms with Crippen molar-refractivity contribution in [3.05, 3.63) is 84.9 Å². The van der Waals surface area contributed by atoms with Crippen molar-refractivity contribution in [3.63, 3.8) is 0 Å². The summed E-state index contributed by atoms with van der Waals surface area (Å²) in [6.45, 7) is 1.70. The normalized spacial score (nSPS) is 11.8. The molecule has 0 saturated heterocycles. The summed E-state index contributed by atoms with van der Waals surface area (Å²) in [5, 5.41) is 0. The van der Waals surface area contributed by atoms with E-state index in [1.54, 1.807) is 6.92 Å². The Labute approximate surface area is 176 Å². The minimum absolute atomic E-state index is 0.0933. The van der Waals surface area contributed by atoms with Crippen LogP contribution in [0.2, 0.25) is 0 Å². The molecule has 0 saturated carbocycles. The molecule has 3 aromatic rings. The van der Waals surface area contributed by atoms with Crippen LogP contribution in [0.3, 0.4) is 0 Å². The van der Waals surface area contributed by atoms with Crippen molar-refractivity contribution in [3.8, 4) is 5.75 Å². The second kappa shape index (κ2) is 9.80. The number of carbonyl (C=O) groups excluding carboxylic acids is 1. The van der Waals surface area contributed by atoms with Gasteiger partial charge in [-0.25, -0.2) is 0 Å². The lowest BCUT2D eigenvalue weighted by molar-refractivity contribution is -0.148. The third-order valence-corrected chi connectivity index (χ3v) is 6.54. The first-order chi connectivity index (χ1) is 13.2. The van der Waals surface area contributed by atoms with Crippen LogP contribution in [0, 0.1) is 0 Å². The lowest BCUT2D eigenvalue weighted by atomic mass is 10.3. The van der Waals surface area contributed by atoms with Crippen LogP contribution in [-0.2, 0) is 20.4 Å². The third kappa shape index (κ3) is 5.26. The standard InChI is InChI=1S/C22H20IO3S/c1-17(23)22(24)26-16-25-20-14-8-9-15-21(20)27(18-10-4-2-5-11-18)19-12-6-3-7-13-19/h2-15,17H,16H2,1H3/q+1. The molecule has 5 heteroatoms. The van der Waals surface area contributed by atoms with Gasteiger partial charge in [0.1, 0.15) is 14.8 Å². The highest BCUT2D eigenvalue weighted by molar-refractivity contribution is 14.1. The predicted molar refractivity (Wildman–Crippen MR) is 117 cm³/mol. The summed E-state index contributed by atoms with van der Waals surface area (Å²) < 4.78 is 10.8. The van der Waals surface area contributed by atoms with E-state index in [9.17, 15) is 4.79 Å². The maximum absolute atomic E-state index is 11.7. The fourth-order valence-electron chi connectivity index (χ4n) is 2.51. The quantitative estimate of drug-likeness (QED) is 0.144. The van der Waals surface area contributed by atoms with Crippen LogP contribution in [0.25, 0.3) is 0 Å². The average molecular weight is 491 g/mol. The topological polar surface area (TPSA) is 35.5 Å². The summed E-state index contributed by atoms with van der Waals surface area (Å²) in [7, 11) is -0.316. The van der Waals surface area contributed by atoms with Crippen molar-refractivity contribution in [2.45, 2.75) is 25.5 Å². The van der Waals surface area contributed by atoms with Gasteiger partial charge < -0.3 is 9.47 Å². The van der Waals surface area contributed by atoms with Gasteiger partial charge in [-0.15, -0.1) is 0 Å². The Kier molecular flexibility index (Phi) is 7.18. The van der Waals surface area contributed by atoms with Crippen LogP contribution in [-0.4, -0.2) is 16.7 Å². The van der Waals surface area contributed by atoms with E-state index in [1.165, 1.54) is 9.79 Å². The highest BCUT2D eigenvalue weighted by Gasteiger charge is 2.31. The monoisotopic (exact) mass is 491 g/mol. The second-order valence-corrected chi connectivity index (χ2v) is 9.58. The first kappa shape index (κ1) is 19.8. The Balaban J connectivity index is 1.93. The highest BCUT2D eigenvalue weighted by Crippen LogP contribution is 2.36. The molecule has 138 valence electrons. The van der Waals surface area contributed by atoms with Gasteiger partial charge in [-0.2, -0.15) is 0 Å². The molecule has 0 heterocycles. The summed E-state index contributed by atoms with van der Waals surface area (Å²) in [6, 6.07) is 28.7. The summed E-state index contributed by atoms with van der Waals surface area (Å²) in [5.74, 6) is 0.445. The van der Waals surface area contributed by atoms with Crippen molar-refractivity contribution < 1.29 is 14.3 Å². The number of halogens is 1. The van der Waals surface area contributed by atoms with Crippen LogP contribution < -0.4 is 4.74 Å². The van der Waals surface area contributed by atoms with Gasteiger partial charge in [0, 0.05) is 0 Å². The van der Waals surface area contributed by atoms with Gasteiger partial charge in [-0.05, 0) is 43.3 Å². The van der Waals surface area contributed by atoms with Crippen LogP contribution in [0.1, 0.15) is 6.92 Å². The molecular weight excluding hydrogens is 471 g/mol. The van der Waals surface area contributed by atoms with Crippen LogP contribution in [0.15, 0.2) is 99.6 Å². The minimum Gasteiger partial charge on any atom is -0.452 e. The molecule has 0 bridgehead atoms. The summed E-state index contributed by atoms with van der Waals surface area (Å²) in [4.78, 5) is 15.2. The van der Waals surface area contributed by atoms with Crippen LogP contribution >= 0.6 is 22.6 Å². The number of carbonyl (C=O) groups is 1. The van der Waals surface area contributed by atoms with E-state index in [0.29, 0.717) is 0 Å². The van der Waals surface area contributed by atoms with E-state index in [1.807, 2.05) is 77.2 Å². The van der Waals surface area contributed by atoms with E-state index in [-0.39, 0.29) is 27.6 Å². The van der Waals surface area contributed by atoms with Gasteiger partial charge in [-0.1, -0.05) is 71.1 Å². The first-order valence-corrected chi connectivity index (χ1v) is 11.0. The molecule has 3 aromatic carbocycles. The molecule has 3 rings (SSSR count). The zero-order valence-corrected chi connectivity index (χ0v) is 17.9. The summed E-state index contributed by atoms with van der Waals surface area (Å²) >= 11 is 2.03. The lowest BCUT2D eigenvalue weighted by Gasteiger charge is -2.13. The summed E-state index contributed by atoms with van der Waals surface area (Å²) in [5.41, 5.74) is 0. The molecule has 27 heavy (non-hydrogen) atoms. The molecule has 0 fully saturated rings. The van der Waals surface area contributed by atoms with Crippen molar-refractivity contribution in [2.75, 3.05) is 6.79 Å². The molecule has 0 aliphatic heterocycles. The number of ether oxygens (including phenoxy) is 2. The highest BCUT2D eigenvalue weighted by atomic mass is 127. The van der Waals surface area contributed by atoms with Gasteiger partial charge >= 0.3 is 5.97 Å². The Bertz CT molecular complexity index is 829. The van der Waals surface area contributed by atoms with Gasteiger partial charge in [-0.3, -0.25) is 4.79 Å². The molecule has 3 nitrogen and oxygen atoms in total. The zero-order chi connectivity index (χ0) is 19.1. The molecule has 1 atom stereocenters. The van der Waals surface area contributed by atoms with E-state index >= 15 is 0 Å². The van der Waals surface area contributed by atoms with Crippen LogP contribution in [0.5, 0.6) is 5.75 Å². The van der Waals surface area contributed by atoms with Gasteiger partial charge in [0.05, 0.1) is 0 Å². The predicted octanol–water partition coefficient (Wildman–Crippen LogP) is 5.49. The Morgan fingerprint density at radius 3 is 1.96 bits per heavy atom. The number of hydrogen-bond donors (Lipinski definition) is 0. The molecule has 0 aliphatic carbocycles. The Morgan fingerprint density at radius 1 is 0.889 bits per heavy atom. The van der Waals surface area contributed by atoms with E-state index in [4.69, 9.17) is 9.47 Å². The Hall–Kier alpha value is -1.99. The Morgan fingerprint density at radius 2 is 1.41 bits per heavy atom. The number of alkyl halides is 1. The number of rotatable bonds is 7. The molecule has 0 radical (unpaired) electrons. The zero-order valence-electron chi connectivity index (χ0n) is 14.9. The average Bonchev–Trinajstić information content (AvgIpc) is 2.71. The van der Waals surface area contributed by atoms with Gasteiger partial charge in [0.2, 0.25) is 11.7 Å². The minimum atomic E-state index is -0.316. The van der Waals surface area contributed by atoms with E-state index < -0.39 is 0 Å². The molecule has 1 unspecified atom stereocenters. The fraction of sp³-hybridized carbons (Fsp3) is 0.136. The van der Waals surface area contributed by atoms with E-state index in [0.717, 1.165) is 10.6 Å². The van der Waals surface area contributed by atoms with Crippen molar-refractivity contribution in [1.29, 1.82) is 0 Å². The van der Waals surface area contributed by atoms with Crippen molar-refractivity contribution >= 4 is 39.5 Å². The first-order valence-electron chi connectivity index (χ1n) is 8.54. The molecule has 0 aliphatic rings. The third-order valence-electron chi connectivity index (χ3n) is 3.77. The molecule has 0 N–H and O–H groups in total. The number of hydrogen-bond acceptors (Lipinski definition) is 3. The number of esters is 1. The smallest absolute Gasteiger partial charge is 0.321 e. The van der Waals surface area contributed by atoms with E-state index in [2.05, 4.69) is 30.3 Å². The van der Waals surface area contributed by atoms with Gasteiger partial charge in [0.25, 0.3) is 0 Å². The molecule has 0 spiro atoms.